The fraction of sp³-hybridized carbons (Fsp3) is 0.250. The van der Waals surface area contributed by atoms with Gasteiger partial charge < -0.3 is 5.32 Å². The highest BCUT2D eigenvalue weighted by Crippen LogP contribution is 2.24. The first kappa shape index (κ1) is 12.1. The summed E-state index contributed by atoms with van der Waals surface area (Å²) in [6.07, 6.45) is 5.06. The molecule has 0 spiro atoms. The number of aromatic nitrogens is 2. The van der Waals surface area contributed by atoms with Crippen molar-refractivity contribution in [3.05, 3.63) is 36.3 Å². The molecule has 1 aromatic heterocycles. The van der Waals surface area contributed by atoms with Gasteiger partial charge in [-0.25, -0.2) is 9.97 Å². The third-order valence-corrected chi connectivity index (χ3v) is 2.15. The highest BCUT2D eigenvalue weighted by Gasteiger charge is 2.11. The molecule has 0 saturated heterocycles. The Kier molecular flexibility index (Phi) is 3.94. The molecule has 16 heavy (non-hydrogen) atoms. The second-order valence-corrected chi connectivity index (χ2v) is 3.31. The fourth-order valence-electron chi connectivity index (χ4n) is 1.45. The Morgan fingerprint density at radius 1 is 1.50 bits per heavy atom. The molecule has 0 aromatic carbocycles. The van der Waals surface area contributed by atoms with Crippen molar-refractivity contribution in [2.75, 3.05) is 5.32 Å². The number of hydrogen-bond donors (Lipinski definition) is 1. The van der Waals surface area contributed by atoms with Gasteiger partial charge in [0.2, 0.25) is 5.91 Å². The van der Waals surface area contributed by atoms with Gasteiger partial charge in [0.25, 0.3) is 0 Å². The van der Waals surface area contributed by atoms with Crippen molar-refractivity contribution in [3.8, 4) is 0 Å². The molecule has 0 bridgehead atoms. The van der Waals surface area contributed by atoms with E-state index in [-0.39, 0.29) is 5.91 Å². The first-order chi connectivity index (χ1) is 7.60. The second-order valence-electron chi connectivity index (χ2n) is 3.31. The maximum absolute atomic E-state index is 11.1. The minimum atomic E-state index is -0.154. The van der Waals surface area contributed by atoms with Gasteiger partial charge in [-0.15, -0.1) is 0 Å². The number of aryl methyl sites for hydroxylation is 1. The number of nitrogens with one attached hydrogen (secondary N) is 1. The van der Waals surface area contributed by atoms with Crippen LogP contribution in [0.5, 0.6) is 0 Å². The van der Waals surface area contributed by atoms with E-state index in [1.807, 2.05) is 19.9 Å². The van der Waals surface area contributed by atoms with Crippen molar-refractivity contribution in [2.24, 2.45) is 0 Å². The SMILES string of the molecule is C=C/C(=C/C)c1c(C)ncnc1NC(C)=O. The molecule has 1 amide bonds. The van der Waals surface area contributed by atoms with E-state index < -0.39 is 0 Å². The molecular formula is C12H15N3O. The Labute approximate surface area is 95.1 Å². The van der Waals surface area contributed by atoms with Crippen LogP contribution < -0.4 is 5.32 Å². The van der Waals surface area contributed by atoms with Crippen LogP contribution in [0.2, 0.25) is 0 Å². The maximum Gasteiger partial charge on any atom is 0.222 e. The molecular weight excluding hydrogens is 202 g/mol. The van der Waals surface area contributed by atoms with Crippen LogP contribution in [0, 0.1) is 6.92 Å². The summed E-state index contributed by atoms with van der Waals surface area (Å²) in [5, 5.41) is 2.68. The van der Waals surface area contributed by atoms with Gasteiger partial charge in [0.05, 0.1) is 5.69 Å². The molecule has 0 fully saturated rings. The monoisotopic (exact) mass is 217 g/mol. The van der Waals surface area contributed by atoms with Crippen molar-refractivity contribution in [3.63, 3.8) is 0 Å². The number of carbonyl (C=O) groups excluding carboxylic acids is 1. The number of anilines is 1. The van der Waals surface area contributed by atoms with Gasteiger partial charge in [0.1, 0.15) is 12.1 Å². The van der Waals surface area contributed by atoms with E-state index in [4.69, 9.17) is 0 Å². The van der Waals surface area contributed by atoms with Crippen LogP contribution in [0.1, 0.15) is 25.1 Å². The van der Waals surface area contributed by atoms with Gasteiger partial charge in [-0.05, 0) is 19.4 Å². The van der Waals surface area contributed by atoms with Gasteiger partial charge in [-0.1, -0.05) is 18.7 Å². The molecule has 1 N–H and O–H groups in total. The molecule has 0 aliphatic rings. The van der Waals surface area contributed by atoms with E-state index in [0.717, 1.165) is 16.8 Å². The standard InChI is InChI=1S/C12H15N3O/c1-5-10(6-2)11-8(3)13-7-14-12(11)15-9(4)16/h5-7H,1H2,2-4H3,(H,13,14,15,16)/b10-6-. The summed E-state index contributed by atoms with van der Waals surface area (Å²) in [6, 6.07) is 0. The summed E-state index contributed by atoms with van der Waals surface area (Å²) >= 11 is 0. The minimum Gasteiger partial charge on any atom is -0.310 e. The highest BCUT2D eigenvalue weighted by molar-refractivity contribution is 5.92. The smallest absolute Gasteiger partial charge is 0.222 e. The molecule has 0 radical (unpaired) electrons. The van der Waals surface area contributed by atoms with Crippen LogP contribution in [0.15, 0.2) is 25.1 Å². The Morgan fingerprint density at radius 2 is 2.19 bits per heavy atom. The van der Waals surface area contributed by atoms with E-state index in [1.54, 1.807) is 6.08 Å². The maximum atomic E-state index is 11.1. The van der Waals surface area contributed by atoms with Crippen LogP contribution in [-0.4, -0.2) is 15.9 Å². The average molecular weight is 217 g/mol. The lowest BCUT2D eigenvalue weighted by atomic mass is 10.1. The third kappa shape index (κ3) is 2.53. The number of allylic oxidation sites excluding steroid dienone is 3. The van der Waals surface area contributed by atoms with E-state index in [2.05, 4.69) is 21.9 Å². The third-order valence-electron chi connectivity index (χ3n) is 2.15. The molecule has 0 aliphatic carbocycles. The molecule has 4 heteroatoms. The molecule has 0 saturated carbocycles. The molecule has 1 rings (SSSR count). The number of rotatable bonds is 3. The zero-order chi connectivity index (χ0) is 12.1. The Bertz CT molecular complexity index is 450. The van der Waals surface area contributed by atoms with Gasteiger partial charge in [0, 0.05) is 12.5 Å². The van der Waals surface area contributed by atoms with Crippen LogP contribution in [0.25, 0.3) is 5.57 Å². The molecule has 1 aromatic rings. The Morgan fingerprint density at radius 3 is 2.69 bits per heavy atom. The molecule has 84 valence electrons. The Hall–Kier alpha value is -1.97. The lowest BCUT2D eigenvalue weighted by Crippen LogP contribution is -2.11. The number of amides is 1. The lowest BCUT2D eigenvalue weighted by molar-refractivity contribution is -0.114. The van der Waals surface area contributed by atoms with Crippen molar-refractivity contribution < 1.29 is 4.79 Å². The van der Waals surface area contributed by atoms with Gasteiger partial charge in [0.15, 0.2) is 0 Å². The predicted octanol–water partition coefficient (Wildman–Crippen LogP) is 2.33. The molecule has 0 aliphatic heterocycles. The van der Waals surface area contributed by atoms with Crippen LogP contribution in [0.4, 0.5) is 5.82 Å². The molecule has 0 atom stereocenters. The van der Waals surface area contributed by atoms with Crippen molar-refractivity contribution in [1.29, 1.82) is 0 Å². The molecule has 1 heterocycles. The predicted molar refractivity (Wildman–Crippen MR) is 64.9 cm³/mol. The van der Waals surface area contributed by atoms with Crippen LogP contribution >= 0.6 is 0 Å². The van der Waals surface area contributed by atoms with Gasteiger partial charge in [-0.3, -0.25) is 4.79 Å². The highest BCUT2D eigenvalue weighted by atomic mass is 16.1. The summed E-state index contributed by atoms with van der Waals surface area (Å²) < 4.78 is 0. The van der Waals surface area contributed by atoms with E-state index >= 15 is 0 Å². The minimum absolute atomic E-state index is 0.154. The largest absolute Gasteiger partial charge is 0.310 e. The summed E-state index contributed by atoms with van der Waals surface area (Å²) in [6.45, 7) is 8.96. The van der Waals surface area contributed by atoms with Crippen molar-refractivity contribution >= 4 is 17.3 Å². The Balaban J connectivity index is 3.33. The first-order valence-corrected chi connectivity index (χ1v) is 4.98. The quantitative estimate of drug-likeness (QED) is 0.790. The van der Waals surface area contributed by atoms with E-state index in [0.29, 0.717) is 5.82 Å². The summed E-state index contributed by atoms with van der Waals surface area (Å²) in [5.74, 6) is 0.367. The fourth-order valence-corrected chi connectivity index (χ4v) is 1.45. The van der Waals surface area contributed by atoms with E-state index in [1.165, 1.54) is 13.3 Å². The summed E-state index contributed by atoms with van der Waals surface area (Å²) in [4.78, 5) is 19.2. The zero-order valence-corrected chi connectivity index (χ0v) is 9.74. The van der Waals surface area contributed by atoms with Crippen LogP contribution in [-0.2, 0) is 4.79 Å². The molecule has 4 nitrogen and oxygen atoms in total. The second kappa shape index (κ2) is 5.21. The average Bonchev–Trinajstić information content (AvgIpc) is 2.22. The van der Waals surface area contributed by atoms with Gasteiger partial charge in [-0.2, -0.15) is 0 Å². The lowest BCUT2D eigenvalue weighted by Gasteiger charge is -2.11. The number of carbonyl (C=O) groups is 1. The number of hydrogen-bond acceptors (Lipinski definition) is 3. The van der Waals surface area contributed by atoms with Crippen LogP contribution in [0.3, 0.4) is 0 Å². The number of nitrogens with zero attached hydrogens (tertiary/aromatic N) is 2. The first-order valence-electron chi connectivity index (χ1n) is 4.98. The van der Waals surface area contributed by atoms with Gasteiger partial charge >= 0.3 is 0 Å². The zero-order valence-electron chi connectivity index (χ0n) is 9.74. The molecule has 0 unspecified atom stereocenters. The topological polar surface area (TPSA) is 54.9 Å². The van der Waals surface area contributed by atoms with Crippen molar-refractivity contribution in [1.82, 2.24) is 9.97 Å². The summed E-state index contributed by atoms with van der Waals surface area (Å²) in [5.41, 5.74) is 2.53. The van der Waals surface area contributed by atoms with E-state index in [9.17, 15) is 4.79 Å². The normalized spacial score (nSPS) is 11.1. The summed E-state index contributed by atoms with van der Waals surface area (Å²) in [7, 11) is 0. The van der Waals surface area contributed by atoms with Crippen molar-refractivity contribution in [2.45, 2.75) is 20.8 Å².